The molecule has 0 aromatic heterocycles. The highest BCUT2D eigenvalue weighted by molar-refractivity contribution is 6.30. The van der Waals surface area contributed by atoms with Crippen LogP contribution in [0.3, 0.4) is 0 Å². The summed E-state index contributed by atoms with van der Waals surface area (Å²) in [5.41, 5.74) is 1.87. The summed E-state index contributed by atoms with van der Waals surface area (Å²) in [6.07, 6.45) is 6.60. The first kappa shape index (κ1) is 18.4. The van der Waals surface area contributed by atoms with Crippen molar-refractivity contribution in [1.82, 2.24) is 4.90 Å². The second-order valence-electron chi connectivity index (χ2n) is 7.09. The fraction of sp³-hybridized carbons (Fsp3) is 0.318. The summed E-state index contributed by atoms with van der Waals surface area (Å²) >= 11 is 12.3. The van der Waals surface area contributed by atoms with Crippen LogP contribution < -0.4 is 0 Å². The van der Waals surface area contributed by atoms with Crippen LogP contribution in [0.15, 0.2) is 48.5 Å². The van der Waals surface area contributed by atoms with Crippen LogP contribution in [-0.2, 0) is 9.53 Å². The summed E-state index contributed by atoms with van der Waals surface area (Å²) in [5.74, 6) is 2.88. The predicted octanol–water partition coefficient (Wildman–Crippen LogP) is 5.05. The lowest BCUT2D eigenvalue weighted by molar-refractivity contribution is -0.167. The first-order valence-corrected chi connectivity index (χ1v) is 9.75. The number of terminal acetylenes is 1. The van der Waals surface area contributed by atoms with Crippen molar-refractivity contribution >= 4 is 29.1 Å². The number of hydrogen-bond acceptors (Lipinski definition) is 2. The third-order valence-corrected chi connectivity index (χ3v) is 5.59. The number of morpholine rings is 1. The third-order valence-electron chi connectivity index (χ3n) is 5.10. The number of benzene rings is 2. The fourth-order valence-corrected chi connectivity index (χ4v) is 3.91. The number of carbonyl (C=O) groups is 1. The number of nitrogens with zero attached hydrogens (tertiary/aromatic N) is 1. The number of rotatable bonds is 4. The smallest absolute Gasteiger partial charge is 0.264 e. The molecule has 5 heteroatoms. The standard InChI is InChI=1S/C22H19Cl2NO2/c1-2-19-22(26)25(13-14-6-7-14)20(15-8-10-17(23)11-9-15)21(27-19)16-4-3-5-18(24)12-16/h1,3-5,8-12,14,19-21H,6-7,13H2/t19-,20+,21-/m0/s1. The van der Waals surface area contributed by atoms with Crippen LogP contribution >= 0.6 is 23.2 Å². The third kappa shape index (κ3) is 3.84. The van der Waals surface area contributed by atoms with Crippen molar-refractivity contribution in [2.24, 2.45) is 5.92 Å². The van der Waals surface area contributed by atoms with E-state index >= 15 is 0 Å². The van der Waals surface area contributed by atoms with Gasteiger partial charge in [0.1, 0.15) is 6.10 Å². The highest BCUT2D eigenvalue weighted by Gasteiger charge is 2.45. The number of halogens is 2. The van der Waals surface area contributed by atoms with Crippen molar-refractivity contribution in [3.05, 3.63) is 69.7 Å². The maximum Gasteiger partial charge on any atom is 0.264 e. The molecule has 27 heavy (non-hydrogen) atoms. The minimum atomic E-state index is -0.892. The van der Waals surface area contributed by atoms with Gasteiger partial charge >= 0.3 is 0 Å². The molecule has 138 valence electrons. The van der Waals surface area contributed by atoms with Gasteiger partial charge in [-0.3, -0.25) is 4.79 Å². The molecular formula is C22H19Cl2NO2. The summed E-state index contributed by atoms with van der Waals surface area (Å²) in [7, 11) is 0. The Morgan fingerprint density at radius 1 is 1.07 bits per heavy atom. The maximum atomic E-state index is 13.0. The van der Waals surface area contributed by atoms with Crippen molar-refractivity contribution in [2.75, 3.05) is 6.54 Å². The topological polar surface area (TPSA) is 29.5 Å². The quantitative estimate of drug-likeness (QED) is 0.673. The monoisotopic (exact) mass is 399 g/mol. The molecule has 3 nitrogen and oxygen atoms in total. The van der Waals surface area contributed by atoms with Crippen molar-refractivity contribution in [3.8, 4) is 12.3 Å². The molecule has 0 unspecified atom stereocenters. The normalized spacial score (nSPS) is 25.3. The number of amides is 1. The Morgan fingerprint density at radius 2 is 1.81 bits per heavy atom. The summed E-state index contributed by atoms with van der Waals surface area (Å²) in [4.78, 5) is 14.9. The molecule has 3 atom stereocenters. The molecule has 0 N–H and O–H groups in total. The Kier molecular flexibility index (Phi) is 5.14. The molecule has 2 aromatic carbocycles. The predicted molar refractivity (Wildman–Crippen MR) is 107 cm³/mol. The van der Waals surface area contributed by atoms with E-state index in [2.05, 4.69) is 5.92 Å². The highest BCUT2D eigenvalue weighted by Crippen LogP contribution is 2.44. The second kappa shape index (κ2) is 7.56. The van der Waals surface area contributed by atoms with Crippen LogP contribution in [0.4, 0.5) is 0 Å². The van der Waals surface area contributed by atoms with E-state index in [-0.39, 0.29) is 11.9 Å². The lowest BCUT2D eigenvalue weighted by Gasteiger charge is -2.44. The summed E-state index contributed by atoms with van der Waals surface area (Å²) in [6.45, 7) is 0.685. The van der Waals surface area contributed by atoms with Crippen LogP contribution in [0.2, 0.25) is 10.0 Å². The molecule has 1 amide bonds. The Bertz CT molecular complexity index is 886. The van der Waals surface area contributed by atoms with E-state index in [9.17, 15) is 4.79 Å². The summed E-state index contributed by atoms with van der Waals surface area (Å²) < 4.78 is 6.10. The average molecular weight is 400 g/mol. The molecular weight excluding hydrogens is 381 g/mol. The Morgan fingerprint density at radius 3 is 2.44 bits per heavy atom. The van der Waals surface area contributed by atoms with Crippen LogP contribution in [0.25, 0.3) is 0 Å². The van der Waals surface area contributed by atoms with E-state index in [1.54, 1.807) is 0 Å². The van der Waals surface area contributed by atoms with Crippen molar-refractivity contribution in [1.29, 1.82) is 0 Å². The zero-order valence-corrected chi connectivity index (χ0v) is 16.2. The molecule has 1 heterocycles. The van der Waals surface area contributed by atoms with Gasteiger partial charge in [-0.25, -0.2) is 0 Å². The number of carbonyl (C=O) groups excluding carboxylic acids is 1. The molecule has 2 fully saturated rings. The van der Waals surface area contributed by atoms with Gasteiger partial charge in [0.05, 0.1) is 6.04 Å². The molecule has 1 aliphatic heterocycles. The molecule has 2 aromatic rings. The molecule has 0 spiro atoms. The molecule has 0 radical (unpaired) electrons. The van der Waals surface area contributed by atoms with Gasteiger partial charge in [-0.2, -0.15) is 0 Å². The second-order valence-corrected chi connectivity index (χ2v) is 7.96. The molecule has 4 rings (SSSR count). The minimum Gasteiger partial charge on any atom is -0.345 e. The summed E-state index contributed by atoms with van der Waals surface area (Å²) in [5, 5.41) is 1.27. The zero-order valence-electron chi connectivity index (χ0n) is 14.6. The maximum absolute atomic E-state index is 13.0. The van der Waals surface area contributed by atoms with Crippen molar-refractivity contribution < 1.29 is 9.53 Å². The number of ether oxygens (including phenoxy) is 1. The van der Waals surface area contributed by atoms with E-state index < -0.39 is 12.2 Å². The minimum absolute atomic E-state index is 0.150. The van der Waals surface area contributed by atoms with E-state index in [4.69, 9.17) is 34.4 Å². The van der Waals surface area contributed by atoms with Crippen LogP contribution in [-0.4, -0.2) is 23.5 Å². The summed E-state index contributed by atoms with van der Waals surface area (Å²) in [6, 6.07) is 14.8. The van der Waals surface area contributed by atoms with Crippen molar-refractivity contribution in [3.63, 3.8) is 0 Å². The van der Waals surface area contributed by atoms with Gasteiger partial charge < -0.3 is 9.64 Å². The van der Waals surface area contributed by atoms with Crippen molar-refractivity contribution in [2.45, 2.75) is 31.1 Å². The van der Waals surface area contributed by atoms with Gasteiger partial charge in [0, 0.05) is 16.6 Å². The van der Waals surface area contributed by atoms with Crippen LogP contribution in [0.1, 0.15) is 36.1 Å². The van der Waals surface area contributed by atoms with E-state index in [0.717, 1.165) is 24.0 Å². The highest BCUT2D eigenvalue weighted by atomic mass is 35.5. The fourth-order valence-electron chi connectivity index (χ4n) is 3.58. The van der Waals surface area contributed by atoms with E-state index in [1.807, 2.05) is 53.4 Å². The lowest BCUT2D eigenvalue weighted by Crippen LogP contribution is -2.51. The van der Waals surface area contributed by atoms with Crippen LogP contribution in [0, 0.1) is 18.3 Å². The van der Waals surface area contributed by atoms with E-state index in [1.165, 1.54) is 0 Å². The molecule has 2 aliphatic rings. The molecule has 1 aliphatic carbocycles. The van der Waals surface area contributed by atoms with Gasteiger partial charge in [-0.05, 0) is 54.2 Å². The zero-order chi connectivity index (χ0) is 19.0. The SMILES string of the molecule is C#C[C@@H]1O[C@@H](c2cccc(Cl)c2)[C@@H](c2ccc(Cl)cc2)N(CC2CC2)C1=O. The van der Waals surface area contributed by atoms with Gasteiger partial charge in [0.2, 0.25) is 0 Å². The van der Waals surface area contributed by atoms with Gasteiger partial charge in [-0.15, -0.1) is 6.42 Å². The Balaban J connectivity index is 1.80. The van der Waals surface area contributed by atoms with Crippen LogP contribution in [0.5, 0.6) is 0 Å². The Hall–Kier alpha value is -1.99. The lowest BCUT2D eigenvalue weighted by atomic mass is 9.91. The Labute approximate surface area is 169 Å². The average Bonchev–Trinajstić information content (AvgIpc) is 3.48. The van der Waals surface area contributed by atoms with Gasteiger partial charge in [0.15, 0.2) is 6.10 Å². The largest absolute Gasteiger partial charge is 0.345 e. The number of hydrogen-bond donors (Lipinski definition) is 0. The molecule has 0 bridgehead atoms. The molecule has 1 saturated carbocycles. The first-order valence-electron chi connectivity index (χ1n) is 9.00. The van der Waals surface area contributed by atoms with Gasteiger partial charge in [0.25, 0.3) is 5.91 Å². The van der Waals surface area contributed by atoms with E-state index in [0.29, 0.717) is 22.5 Å². The molecule has 1 saturated heterocycles. The first-order chi connectivity index (χ1) is 13.1. The van der Waals surface area contributed by atoms with Gasteiger partial charge in [-0.1, -0.05) is 53.4 Å².